The average Bonchev–Trinajstić information content (AvgIpc) is 2.95. The van der Waals surface area contributed by atoms with Crippen LogP contribution in [0.25, 0.3) is 0 Å². The van der Waals surface area contributed by atoms with Crippen LogP contribution in [-0.2, 0) is 17.8 Å². The standard InChI is InChI=1S/C23H35N5O/c1-7-28-19(6)22(18(5)25-28)15-23(29)24-20-12-17(4)13-21(14-20)27-10-8-26(9-11-27)16(2)3/h12-14,16H,7-11,15H2,1-6H3,(H,24,29). The monoisotopic (exact) mass is 397 g/mol. The smallest absolute Gasteiger partial charge is 0.228 e. The second-order valence-electron chi connectivity index (χ2n) is 8.36. The summed E-state index contributed by atoms with van der Waals surface area (Å²) in [7, 11) is 0. The molecule has 1 aliphatic rings. The van der Waals surface area contributed by atoms with Gasteiger partial charge in [-0.15, -0.1) is 0 Å². The van der Waals surface area contributed by atoms with Gasteiger partial charge in [0.1, 0.15) is 0 Å². The molecule has 1 aromatic carbocycles. The van der Waals surface area contributed by atoms with E-state index in [0.29, 0.717) is 12.5 Å². The molecule has 2 aromatic rings. The number of anilines is 2. The van der Waals surface area contributed by atoms with E-state index in [1.54, 1.807) is 0 Å². The number of aromatic nitrogens is 2. The molecule has 1 amide bonds. The minimum absolute atomic E-state index is 0.00744. The number of amides is 1. The van der Waals surface area contributed by atoms with Gasteiger partial charge in [0.2, 0.25) is 5.91 Å². The Morgan fingerprint density at radius 2 is 1.79 bits per heavy atom. The molecule has 0 radical (unpaired) electrons. The summed E-state index contributed by atoms with van der Waals surface area (Å²) >= 11 is 0. The van der Waals surface area contributed by atoms with Gasteiger partial charge in [-0.05, 0) is 65.3 Å². The maximum Gasteiger partial charge on any atom is 0.228 e. The molecule has 158 valence electrons. The van der Waals surface area contributed by atoms with Crippen LogP contribution in [0.2, 0.25) is 0 Å². The van der Waals surface area contributed by atoms with Crippen molar-refractivity contribution in [2.45, 2.75) is 60.5 Å². The number of hydrogen-bond acceptors (Lipinski definition) is 4. The average molecular weight is 398 g/mol. The number of carbonyl (C=O) groups is 1. The highest BCUT2D eigenvalue weighted by atomic mass is 16.1. The molecule has 1 fully saturated rings. The van der Waals surface area contributed by atoms with Gasteiger partial charge in [-0.1, -0.05) is 0 Å². The highest BCUT2D eigenvalue weighted by Crippen LogP contribution is 2.24. The molecular weight excluding hydrogens is 362 g/mol. The summed E-state index contributed by atoms with van der Waals surface area (Å²) in [6, 6.07) is 6.94. The van der Waals surface area contributed by atoms with Gasteiger partial charge in [-0.3, -0.25) is 14.4 Å². The van der Waals surface area contributed by atoms with Crippen LogP contribution in [0.4, 0.5) is 11.4 Å². The third-order valence-electron chi connectivity index (χ3n) is 5.92. The minimum Gasteiger partial charge on any atom is -0.369 e. The zero-order valence-electron chi connectivity index (χ0n) is 18.7. The summed E-state index contributed by atoms with van der Waals surface area (Å²) < 4.78 is 1.96. The number of hydrogen-bond donors (Lipinski definition) is 1. The molecule has 2 heterocycles. The fraction of sp³-hybridized carbons (Fsp3) is 0.565. The zero-order chi connectivity index (χ0) is 21.1. The van der Waals surface area contributed by atoms with Crippen molar-refractivity contribution in [2.75, 3.05) is 36.4 Å². The first-order valence-corrected chi connectivity index (χ1v) is 10.7. The van der Waals surface area contributed by atoms with Crippen LogP contribution < -0.4 is 10.2 Å². The molecule has 29 heavy (non-hydrogen) atoms. The number of piperazine rings is 1. The number of aryl methyl sites for hydroxylation is 3. The Morgan fingerprint density at radius 1 is 1.10 bits per heavy atom. The van der Waals surface area contributed by atoms with E-state index < -0.39 is 0 Å². The van der Waals surface area contributed by atoms with Gasteiger partial charge < -0.3 is 10.2 Å². The summed E-state index contributed by atoms with van der Waals surface area (Å²) in [5.74, 6) is 0.00744. The summed E-state index contributed by atoms with van der Waals surface area (Å²) in [5, 5.41) is 7.63. The lowest BCUT2D eigenvalue weighted by Crippen LogP contribution is -2.48. The van der Waals surface area contributed by atoms with Gasteiger partial charge in [0, 0.05) is 61.4 Å². The topological polar surface area (TPSA) is 53.4 Å². The quantitative estimate of drug-likeness (QED) is 0.810. The molecule has 1 aromatic heterocycles. The predicted molar refractivity (Wildman–Crippen MR) is 120 cm³/mol. The predicted octanol–water partition coefficient (Wildman–Crippen LogP) is 3.54. The Hall–Kier alpha value is -2.34. The second-order valence-corrected chi connectivity index (χ2v) is 8.36. The summed E-state index contributed by atoms with van der Waals surface area (Å²) in [6.45, 7) is 17.7. The van der Waals surface area contributed by atoms with Crippen LogP contribution in [0.5, 0.6) is 0 Å². The third-order valence-corrected chi connectivity index (χ3v) is 5.92. The molecule has 0 atom stereocenters. The molecule has 6 heteroatoms. The van der Waals surface area contributed by atoms with E-state index in [2.05, 4.69) is 60.0 Å². The molecular formula is C23H35N5O. The van der Waals surface area contributed by atoms with E-state index in [1.165, 1.54) is 5.69 Å². The SMILES string of the molecule is CCn1nc(C)c(CC(=O)Nc2cc(C)cc(N3CCN(C(C)C)CC3)c2)c1C. The van der Waals surface area contributed by atoms with Gasteiger partial charge in [-0.25, -0.2) is 0 Å². The van der Waals surface area contributed by atoms with E-state index >= 15 is 0 Å². The fourth-order valence-electron chi connectivity index (χ4n) is 4.18. The second kappa shape index (κ2) is 8.99. The van der Waals surface area contributed by atoms with E-state index in [4.69, 9.17) is 0 Å². The van der Waals surface area contributed by atoms with Crippen molar-refractivity contribution in [3.05, 3.63) is 40.7 Å². The fourth-order valence-corrected chi connectivity index (χ4v) is 4.18. The number of nitrogens with zero attached hydrogens (tertiary/aromatic N) is 4. The van der Waals surface area contributed by atoms with Gasteiger partial charge in [0.25, 0.3) is 0 Å². The first kappa shape index (κ1) is 21.4. The maximum absolute atomic E-state index is 12.7. The Kier molecular flexibility index (Phi) is 6.63. The lowest BCUT2D eigenvalue weighted by atomic mass is 10.1. The number of rotatable bonds is 6. The van der Waals surface area contributed by atoms with Crippen LogP contribution in [0, 0.1) is 20.8 Å². The van der Waals surface area contributed by atoms with Gasteiger partial charge >= 0.3 is 0 Å². The Morgan fingerprint density at radius 3 is 2.38 bits per heavy atom. The lowest BCUT2D eigenvalue weighted by Gasteiger charge is -2.38. The van der Waals surface area contributed by atoms with Crippen molar-refractivity contribution in [1.29, 1.82) is 0 Å². The first-order valence-electron chi connectivity index (χ1n) is 10.7. The zero-order valence-corrected chi connectivity index (χ0v) is 18.7. The minimum atomic E-state index is 0.00744. The van der Waals surface area contributed by atoms with Crippen molar-refractivity contribution < 1.29 is 4.79 Å². The van der Waals surface area contributed by atoms with Crippen LogP contribution in [-0.4, -0.2) is 52.8 Å². The Bertz CT molecular complexity index is 862. The van der Waals surface area contributed by atoms with Gasteiger partial charge in [0.15, 0.2) is 0 Å². The largest absolute Gasteiger partial charge is 0.369 e. The molecule has 3 rings (SSSR count). The summed E-state index contributed by atoms with van der Waals surface area (Å²) in [4.78, 5) is 17.7. The van der Waals surface area contributed by atoms with Crippen LogP contribution in [0.3, 0.4) is 0 Å². The molecule has 1 N–H and O–H groups in total. The number of benzene rings is 1. The van der Waals surface area contributed by atoms with Crippen molar-refractivity contribution in [3.8, 4) is 0 Å². The Labute approximate surface area is 174 Å². The molecule has 6 nitrogen and oxygen atoms in total. The van der Waals surface area contributed by atoms with Crippen LogP contribution in [0.15, 0.2) is 18.2 Å². The normalized spacial score (nSPS) is 15.2. The molecule has 0 aliphatic carbocycles. The maximum atomic E-state index is 12.7. The van der Waals surface area contributed by atoms with Gasteiger partial charge in [0.05, 0.1) is 12.1 Å². The third kappa shape index (κ3) is 4.99. The molecule has 0 spiro atoms. The molecule has 0 unspecified atom stereocenters. The van der Waals surface area contributed by atoms with Crippen molar-refractivity contribution in [1.82, 2.24) is 14.7 Å². The first-order chi connectivity index (χ1) is 13.8. The van der Waals surface area contributed by atoms with E-state index in [1.807, 2.05) is 24.6 Å². The summed E-state index contributed by atoms with van der Waals surface area (Å²) in [6.07, 6.45) is 0.355. The van der Waals surface area contributed by atoms with Crippen LogP contribution >= 0.6 is 0 Å². The molecule has 0 bridgehead atoms. The molecule has 1 saturated heterocycles. The highest BCUT2D eigenvalue weighted by Gasteiger charge is 2.20. The van der Waals surface area contributed by atoms with E-state index in [9.17, 15) is 4.79 Å². The Balaban J connectivity index is 1.69. The van der Waals surface area contributed by atoms with Crippen molar-refractivity contribution >= 4 is 17.3 Å². The van der Waals surface area contributed by atoms with Gasteiger partial charge in [-0.2, -0.15) is 5.10 Å². The number of carbonyl (C=O) groups excluding carboxylic acids is 1. The lowest BCUT2D eigenvalue weighted by molar-refractivity contribution is -0.115. The van der Waals surface area contributed by atoms with E-state index in [-0.39, 0.29) is 5.91 Å². The highest BCUT2D eigenvalue weighted by molar-refractivity contribution is 5.93. The summed E-state index contributed by atoms with van der Waals surface area (Å²) in [5.41, 5.74) is 6.27. The number of nitrogens with one attached hydrogen (secondary N) is 1. The van der Waals surface area contributed by atoms with E-state index in [0.717, 1.165) is 60.9 Å². The van der Waals surface area contributed by atoms with Crippen molar-refractivity contribution in [3.63, 3.8) is 0 Å². The molecule has 0 saturated carbocycles. The van der Waals surface area contributed by atoms with Crippen LogP contribution in [0.1, 0.15) is 43.3 Å². The van der Waals surface area contributed by atoms with Crippen molar-refractivity contribution in [2.24, 2.45) is 0 Å². The molecule has 1 aliphatic heterocycles.